The van der Waals surface area contributed by atoms with Crippen LogP contribution in [0.2, 0.25) is 0 Å². The molecule has 21 heavy (non-hydrogen) atoms. The van der Waals surface area contributed by atoms with Crippen LogP contribution >= 0.6 is 0 Å². The maximum atomic E-state index is 6.14. The summed E-state index contributed by atoms with van der Waals surface area (Å²) in [6, 6.07) is 4.59. The molecule has 1 aromatic heterocycles. The summed E-state index contributed by atoms with van der Waals surface area (Å²) < 4.78 is 6.14. The summed E-state index contributed by atoms with van der Waals surface area (Å²) in [5.41, 5.74) is 6.58. The molecule has 1 saturated carbocycles. The zero-order valence-electron chi connectivity index (χ0n) is 13.8. The Morgan fingerprint density at radius 3 is 2.57 bits per heavy atom. The van der Waals surface area contributed by atoms with Crippen LogP contribution in [0.3, 0.4) is 0 Å². The third kappa shape index (κ3) is 3.04. The molecular formula is C18H30N2O. The van der Waals surface area contributed by atoms with Crippen molar-refractivity contribution in [1.82, 2.24) is 4.90 Å². The van der Waals surface area contributed by atoms with Crippen molar-refractivity contribution in [2.24, 2.45) is 17.1 Å². The topological polar surface area (TPSA) is 42.4 Å². The Balaban J connectivity index is 1.66. The van der Waals surface area contributed by atoms with Gasteiger partial charge in [0, 0.05) is 12.5 Å². The van der Waals surface area contributed by atoms with Crippen LogP contribution in [0.1, 0.15) is 69.9 Å². The van der Waals surface area contributed by atoms with Crippen LogP contribution in [0.25, 0.3) is 0 Å². The molecule has 118 valence electrons. The third-order valence-electron chi connectivity index (χ3n) is 5.97. The minimum atomic E-state index is 0.259. The fourth-order valence-electron chi connectivity index (χ4n) is 3.64. The lowest BCUT2D eigenvalue weighted by atomic mass is 9.78. The highest BCUT2D eigenvalue weighted by molar-refractivity contribution is 5.19. The fourth-order valence-corrected chi connectivity index (χ4v) is 3.64. The summed E-state index contributed by atoms with van der Waals surface area (Å²) in [7, 11) is 0. The molecule has 1 saturated heterocycles. The molecule has 0 spiro atoms. The fraction of sp³-hybridized carbons (Fsp3) is 0.778. The Labute approximate surface area is 128 Å². The average molecular weight is 290 g/mol. The lowest BCUT2D eigenvalue weighted by Crippen LogP contribution is -2.42. The number of furan rings is 1. The Morgan fingerprint density at radius 1 is 1.38 bits per heavy atom. The van der Waals surface area contributed by atoms with Crippen molar-refractivity contribution in [1.29, 1.82) is 0 Å². The van der Waals surface area contributed by atoms with Gasteiger partial charge in [0.15, 0.2) is 0 Å². The SMILES string of the molecule is CCC1(C)CCN(C(CN)c2ccc(C3CC3C)o2)CC1. The van der Waals surface area contributed by atoms with Crippen LogP contribution in [-0.2, 0) is 0 Å². The number of rotatable bonds is 5. The number of nitrogens with two attached hydrogens (primary N) is 1. The molecule has 3 atom stereocenters. The minimum Gasteiger partial charge on any atom is -0.464 e. The van der Waals surface area contributed by atoms with Crippen molar-refractivity contribution in [3.63, 3.8) is 0 Å². The number of hydrogen-bond acceptors (Lipinski definition) is 3. The molecule has 0 bridgehead atoms. The van der Waals surface area contributed by atoms with Gasteiger partial charge in [0.25, 0.3) is 0 Å². The first-order chi connectivity index (χ1) is 10.1. The van der Waals surface area contributed by atoms with Crippen LogP contribution < -0.4 is 5.73 Å². The van der Waals surface area contributed by atoms with Gasteiger partial charge in [-0.2, -0.15) is 0 Å². The Kier molecular flexibility index (Phi) is 4.15. The van der Waals surface area contributed by atoms with Crippen LogP contribution in [-0.4, -0.2) is 24.5 Å². The second-order valence-electron chi connectivity index (χ2n) is 7.51. The standard InChI is InChI=1S/C18H30N2O/c1-4-18(3)7-9-20(10-8-18)15(12-19)17-6-5-16(21-17)14-11-13(14)2/h5-6,13-15H,4,7-12,19H2,1-3H3. The van der Waals surface area contributed by atoms with Crippen molar-refractivity contribution in [2.45, 2.75) is 58.4 Å². The summed E-state index contributed by atoms with van der Waals surface area (Å²) >= 11 is 0. The van der Waals surface area contributed by atoms with E-state index < -0.39 is 0 Å². The van der Waals surface area contributed by atoms with E-state index in [9.17, 15) is 0 Å². The van der Waals surface area contributed by atoms with E-state index in [0.717, 1.165) is 24.8 Å². The predicted molar refractivity (Wildman–Crippen MR) is 86.2 cm³/mol. The van der Waals surface area contributed by atoms with Gasteiger partial charge in [0.05, 0.1) is 6.04 Å². The van der Waals surface area contributed by atoms with Crippen LogP contribution in [0.5, 0.6) is 0 Å². The molecule has 3 rings (SSSR count). The molecule has 2 fully saturated rings. The third-order valence-corrected chi connectivity index (χ3v) is 5.97. The van der Waals surface area contributed by atoms with Crippen molar-refractivity contribution in [3.8, 4) is 0 Å². The molecule has 1 aliphatic heterocycles. The highest BCUT2D eigenvalue weighted by Gasteiger charge is 2.38. The van der Waals surface area contributed by atoms with Crippen molar-refractivity contribution in [2.75, 3.05) is 19.6 Å². The first-order valence-electron chi connectivity index (χ1n) is 8.60. The normalized spacial score (nSPS) is 30.3. The highest BCUT2D eigenvalue weighted by atomic mass is 16.3. The van der Waals surface area contributed by atoms with Gasteiger partial charge < -0.3 is 10.2 Å². The lowest BCUT2D eigenvalue weighted by molar-refractivity contribution is 0.0743. The van der Waals surface area contributed by atoms with Gasteiger partial charge in [-0.25, -0.2) is 0 Å². The van der Waals surface area contributed by atoms with E-state index in [-0.39, 0.29) is 6.04 Å². The van der Waals surface area contributed by atoms with Gasteiger partial charge >= 0.3 is 0 Å². The zero-order chi connectivity index (χ0) is 15.0. The summed E-state index contributed by atoms with van der Waals surface area (Å²) in [5, 5.41) is 0. The van der Waals surface area contributed by atoms with Crippen LogP contribution in [0, 0.1) is 11.3 Å². The highest BCUT2D eigenvalue weighted by Crippen LogP contribution is 2.48. The molecule has 0 amide bonds. The van der Waals surface area contributed by atoms with Crippen LogP contribution in [0.4, 0.5) is 0 Å². The van der Waals surface area contributed by atoms with Gasteiger partial charge in [-0.05, 0) is 55.8 Å². The number of likely N-dealkylation sites (tertiary alicyclic amines) is 1. The largest absolute Gasteiger partial charge is 0.464 e. The molecule has 1 aromatic rings. The lowest BCUT2D eigenvalue weighted by Gasteiger charge is -2.41. The maximum absolute atomic E-state index is 6.14. The van der Waals surface area contributed by atoms with E-state index in [4.69, 9.17) is 10.2 Å². The van der Waals surface area contributed by atoms with Crippen molar-refractivity contribution < 1.29 is 4.42 Å². The molecule has 3 nitrogen and oxygen atoms in total. The molecule has 3 unspecified atom stereocenters. The van der Waals surface area contributed by atoms with E-state index in [0.29, 0.717) is 17.9 Å². The molecule has 2 aliphatic rings. The van der Waals surface area contributed by atoms with Gasteiger partial charge in [0.1, 0.15) is 11.5 Å². The zero-order valence-corrected chi connectivity index (χ0v) is 13.8. The summed E-state index contributed by atoms with van der Waals surface area (Å²) in [5.74, 6) is 3.69. The monoisotopic (exact) mass is 290 g/mol. The van der Waals surface area contributed by atoms with E-state index in [1.807, 2.05) is 0 Å². The molecule has 2 heterocycles. The number of nitrogens with zero attached hydrogens (tertiary/aromatic N) is 1. The second kappa shape index (κ2) is 5.77. The van der Waals surface area contributed by atoms with E-state index in [1.54, 1.807) is 0 Å². The Hall–Kier alpha value is -0.800. The molecule has 1 aliphatic carbocycles. The molecule has 0 aromatic carbocycles. The molecular weight excluding hydrogens is 260 g/mol. The van der Waals surface area contributed by atoms with Gasteiger partial charge in [0.2, 0.25) is 0 Å². The maximum Gasteiger partial charge on any atom is 0.122 e. The Bertz CT molecular complexity index is 473. The summed E-state index contributed by atoms with van der Waals surface area (Å²) in [4.78, 5) is 2.52. The van der Waals surface area contributed by atoms with Crippen molar-refractivity contribution in [3.05, 3.63) is 23.7 Å². The quantitative estimate of drug-likeness (QED) is 0.894. The smallest absolute Gasteiger partial charge is 0.122 e. The first-order valence-corrected chi connectivity index (χ1v) is 8.60. The van der Waals surface area contributed by atoms with Gasteiger partial charge in [-0.15, -0.1) is 0 Å². The average Bonchev–Trinajstić information content (AvgIpc) is 3.03. The van der Waals surface area contributed by atoms with Crippen LogP contribution in [0.15, 0.2) is 16.5 Å². The second-order valence-corrected chi connectivity index (χ2v) is 7.51. The molecule has 0 radical (unpaired) electrons. The Morgan fingerprint density at radius 2 is 2.05 bits per heavy atom. The predicted octanol–water partition coefficient (Wildman–Crippen LogP) is 3.91. The minimum absolute atomic E-state index is 0.259. The number of piperidine rings is 1. The van der Waals surface area contributed by atoms with E-state index in [2.05, 4.69) is 37.8 Å². The van der Waals surface area contributed by atoms with E-state index >= 15 is 0 Å². The molecule has 3 heteroatoms. The van der Waals surface area contributed by atoms with Gasteiger partial charge in [-0.1, -0.05) is 27.2 Å². The summed E-state index contributed by atoms with van der Waals surface area (Å²) in [6.07, 6.45) is 5.10. The number of hydrogen-bond donors (Lipinski definition) is 1. The van der Waals surface area contributed by atoms with Gasteiger partial charge in [-0.3, -0.25) is 4.90 Å². The van der Waals surface area contributed by atoms with E-state index in [1.165, 1.54) is 31.4 Å². The molecule has 2 N–H and O–H groups in total. The summed E-state index contributed by atoms with van der Waals surface area (Å²) in [6.45, 7) is 9.95. The van der Waals surface area contributed by atoms with Crippen molar-refractivity contribution >= 4 is 0 Å². The first kappa shape index (κ1) is 15.1.